The molecule has 12 heteroatoms. The van der Waals surface area contributed by atoms with Gasteiger partial charge in [-0.2, -0.15) is 0 Å². The van der Waals surface area contributed by atoms with Crippen molar-refractivity contribution < 1.29 is 27.9 Å². The number of ether oxygens (including phenoxy) is 1. The van der Waals surface area contributed by atoms with Crippen molar-refractivity contribution in [1.29, 1.82) is 0 Å². The lowest BCUT2D eigenvalue weighted by Crippen LogP contribution is -2.50. The summed E-state index contributed by atoms with van der Waals surface area (Å²) in [6, 6.07) is 18.4. The summed E-state index contributed by atoms with van der Waals surface area (Å²) >= 11 is 5.93. The molecule has 41 heavy (non-hydrogen) atoms. The highest BCUT2D eigenvalue weighted by Gasteiger charge is 2.35. The van der Waals surface area contributed by atoms with Crippen LogP contribution in [0, 0.1) is 5.92 Å². The molecule has 0 spiro atoms. The summed E-state index contributed by atoms with van der Waals surface area (Å²) < 4.78 is 35.4. The number of fused-ring (bicyclic) bond motifs is 1. The minimum absolute atomic E-state index is 0.0190. The van der Waals surface area contributed by atoms with Gasteiger partial charge in [0.1, 0.15) is 6.10 Å². The van der Waals surface area contributed by atoms with Crippen LogP contribution in [0.3, 0.4) is 0 Å². The fraction of sp³-hybridized carbons (Fsp3) is 0.310. The van der Waals surface area contributed by atoms with Crippen molar-refractivity contribution in [2.75, 3.05) is 36.8 Å². The van der Waals surface area contributed by atoms with Gasteiger partial charge in [-0.05, 0) is 55.5 Å². The van der Waals surface area contributed by atoms with E-state index in [2.05, 4.69) is 10.0 Å². The van der Waals surface area contributed by atoms with E-state index >= 15 is 0 Å². The van der Waals surface area contributed by atoms with Crippen LogP contribution in [-0.2, 0) is 10.0 Å². The molecule has 3 aromatic carbocycles. The Morgan fingerprint density at radius 3 is 2.46 bits per heavy atom. The maximum absolute atomic E-state index is 13.7. The van der Waals surface area contributed by atoms with Crippen molar-refractivity contribution in [1.82, 2.24) is 9.80 Å². The average Bonchev–Trinajstić information content (AvgIpc) is 2.95. The molecule has 1 aliphatic rings. The van der Waals surface area contributed by atoms with E-state index in [1.807, 2.05) is 25.1 Å². The van der Waals surface area contributed by atoms with Gasteiger partial charge < -0.3 is 25.0 Å². The lowest BCUT2D eigenvalue weighted by atomic mass is 9.99. The number of likely N-dealkylation sites (N-methyl/N-ethyl adjacent to an activating group) is 1. The fourth-order valence-corrected chi connectivity index (χ4v) is 5.64. The number of halogens is 1. The van der Waals surface area contributed by atoms with Crippen LogP contribution in [-0.4, -0.2) is 74.2 Å². The predicted octanol–water partition coefficient (Wildman–Crippen LogP) is 4.52. The maximum Gasteiger partial charge on any atom is 0.321 e. The van der Waals surface area contributed by atoms with Gasteiger partial charge in [0.05, 0.1) is 35.3 Å². The molecular weight excluding hydrogens is 568 g/mol. The van der Waals surface area contributed by atoms with Crippen molar-refractivity contribution >= 4 is 44.9 Å². The number of benzene rings is 3. The molecule has 0 saturated heterocycles. The second-order valence-electron chi connectivity index (χ2n) is 10.0. The highest BCUT2D eigenvalue weighted by Crippen LogP contribution is 2.36. The van der Waals surface area contributed by atoms with Crippen molar-refractivity contribution in [3.05, 3.63) is 83.4 Å². The number of carbonyl (C=O) groups is 2. The topological polar surface area (TPSA) is 128 Å². The second-order valence-corrected chi connectivity index (χ2v) is 12.2. The first-order valence-electron chi connectivity index (χ1n) is 13.1. The Labute approximate surface area is 244 Å². The smallest absolute Gasteiger partial charge is 0.321 e. The fourth-order valence-electron chi connectivity index (χ4n) is 4.45. The number of hydrogen-bond acceptors (Lipinski definition) is 6. The lowest BCUT2D eigenvalue weighted by molar-refractivity contribution is 0.0373. The van der Waals surface area contributed by atoms with E-state index in [4.69, 9.17) is 16.3 Å². The number of urea groups is 1. The van der Waals surface area contributed by atoms with Crippen molar-refractivity contribution in [3.63, 3.8) is 0 Å². The van der Waals surface area contributed by atoms with E-state index in [1.165, 1.54) is 35.2 Å². The third-order valence-corrected chi connectivity index (χ3v) is 8.52. The molecule has 0 unspecified atom stereocenters. The molecule has 0 saturated carbocycles. The number of anilines is 2. The van der Waals surface area contributed by atoms with Crippen LogP contribution in [0.5, 0.6) is 5.75 Å². The second kappa shape index (κ2) is 12.8. The molecule has 3 atom stereocenters. The number of nitrogens with zero attached hydrogens (tertiary/aromatic N) is 2. The van der Waals surface area contributed by atoms with Crippen molar-refractivity contribution in [3.8, 4) is 5.75 Å². The van der Waals surface area contributed by atoms with Gasteiger partial charge in [-0.1, -0.05) is 42.8 Å². The molecule has 0 aromatic heterocycles. The number of amides is 3. The molecule has 1 heterocycles. The number of nitrogens with one attached hydrogen (secondary N) is 2. The minimum atomic E-state index is -4.07. The summed E-state index contributed by atoms with van der Waals surface area (Å²) in [7, 11) is -2.44. The monoisotopic (exact) mass is 600 g/mol. The number of rotatable bonds is 8. The Hall–Kier alpha value is -3.80. The van der Waals surface area contributed by atoms with Gasteiger partial charge in [-0.15, -0.1) is 0 Å². The Morgan fingerprint density at radius 1 is 1.12 bits per heavy atom. The number of sulfonamides is 1. The molecule has 3 aromatic rings. The van der Waals surface area contributed by atoms with Crippen LogP contribution in [0.2, 0.25) is 5.02 Å². The van der Waals surface area contributed by atoms with Crippen LogP contribution in [0.1, 0.15) is 24.2 Å². The maximum atomic E-state index is 13.7. The van der Waals surface area contributed by atoms with Crippen LogP contribution in [0.15, 0.2) is 77.7 Å². The number of carbonyl (C=O) groups excluding carboxylic acids is 2. The van der Waals surface area contributed by atoms with E-state index in [9.17, 15) is 23.1 Å². The summed E-state index contributed by atoms with van der Waals surface area (Å²) in [5, 5.41) is 13.1. The lowest BCUT2D eigenvalue weighted by Gasteiger charge is -2.38. The van der Waals surface area contributed by atoms with E-state index < -0.39 is 28.1 Å². The first-order valence-corrected chi connectivity index (χ1v) is 14.9. The molecule has 10 nitrogen and oxygen atoms in total. The number of para-hydroxylation sites is 2. The van der Waals surface area contributed by atoms with Gasteiger partial charge in [0.15, 0.2) is 5.75 Å². The van der Waals surface area contributed by atoms with Gasteiger partial charge in [-0.25, -0.2) is 13.2 Å². The van der Waals surface area contributed by atoms with E-state index in [-0.39, 0.29) is 53.5 Å². The molecule has 0 radical (unpaired) electrons. The summed E-state index contributed by atoms with van der Waals surface area (Å²) in [6.07, 6.45) is -0.636. The molecule has 4 rings (SSSR count). The van der Waals surface area contributed by atoms with E-state index in [0.717, 1.165) is 0 Å². The predicted molar refractivity (Wildman–Crippen MR) is 158 cm³/mol. The zero-order chi connectivity index (χ0) is 29.7. The van der Waals surface area contributed by atoms with E-state index in [1.54, 1.807) is 43.1 Å². The highest BCUT2D eigenvalue weighted by molar-refractivity contribution is 7.92. The van der Waals surface area contributed by atoms with Gasteiger partial charge in [0.25, 0.3) is 15.9 Å². The molecule has 0 fully saturated rings. The molecule has 1 aliphatic heterocycles. The third kappa shape index (κ3) is 7.10. The first-order chi connectivity index (χ1) is 19.5. The molecule has 0 bridgehead atoms. The van der Waals surface area contributed by atoms with Crippen LogP contribution < -0.4 is 14.8 Å². The number of aliphatic hydroxyl groups excluding tert-OH is 1. The summed E-state index contributed by atoms with van der Waals surface area (Å²) in [5.74, 6) is -0.665. The first kappa shape index (κ1) is 30.2. The van der Waals surface area contributed by atoms with Gasteiger partial charge >= 0.3 is 6.03 Å². The average molecular weight is 601 g/mol. The van der Waals surface area contributed by atoms with Gasteiger partial charge in [0, 0.05) is 30.2 Å². The van der Waals surface area contributed by atoms with Crippen LogP contribution >= 0.6 is 11.6 Å². The number of hydrogen-bond donors (Lipinski definition) is 3. The minimum Gasteiger partial charge on any atom is -0.485 e. The van der Waals surface area contributed by atoms with Crippen molar-refractivity contribution in [2.24, 2.45) is 5.92 Å². The molecule has 0 aliphatic carbocycles. The van der Waals surface area contributed by atoms with Gasteiger partial charge in [0.2, 0.25) is 0 Å². The SMILES string of the molecule is C[C@@H]1CN([C@@H](C)CO)C(=O)c2cccc(NS(=O)(=O)c3ccc(Cl)cc3)c2O[C@H]1CN(C)C(=O)Nc1ccccc1. The van der Waals surface area contributed by atoms with Crippen LogP contribution in [0.25, 0.3) is 0 Å². The van der Waals surface area contributed by atoms with E-state index in [0.29, 0.717) is 10.7 Å². The molecular formula is C29H33ClN4O6S. The highest BCUT2D eigenvalue weighted by atomic mass is 35.5. The largest absolute Gasteiger partial charge is 0.485 e. The summed E-state index contributed by atoms with van der Waals surface area (Å²) in [6.45, 7) is 3.73. The quantitative estimate of drug-likeness (QED) is 0.349. The Morgan fingerprint density at radius 2 is 1.80 bits per heavy atom. The Bertz CT molecular complexity index is 1490. The molecule has 218 valence electrons. The Kier molecular flexibility index (Phi) is 9.42. The molecule has 3 amide bonds. The van der Waals surface area contributed by atoms with Gasteiger partial charge in [-0.3, -0.25) is 9.52 Å². The van der Waals surface area contributed by atoms with Crippen LogP contribution in [0.4, 0.5) is 16.2 Å². The zero-order valence-electron chi connectivity index (χ0n) is 23.0. The Balaban J connectivity index is 1.69. The summed E-state index contributed by atoms with van der Waals surface area (Å²) in [4.78, 5) is 29.6. The summed E-state index contributed by atoms with van der Waals surface area (Å²) in [5.41, 5.74) is 0.835. The van der Waals surface area contributed by atoms with Crippen molar-refractivity contribution in [2.45, 2.75) is 30.9 Å². The molecule has 3 N–H and O–H groups in total. The standard InChI is InChI=1S/C29H33ClN4O6S/c1-19-16-34(20(2)18-35)28(36)24-10-7-11-25(32-41(38,39)23-14-12-21(30)13-15-23)27(24)40-26(19)17-33(3)29(37)31-22-8-5-4-6-9-22/h4-15,19-20,26,32,35H,16-18H2,1-3H3,(H,31,37)/t19-,20+,26+/m1/s1. The number of aliphatic hydroxyl groups is 1. The normalized spacial score (nSPS) is 17.9. The zero-order valence-corrected chi connectivity index (χ0v) is 24.5. The third-order valence-electron chi connectivity index (χ3n) is 6.88.